The van der Waals surface area contributed by atoms with Crippen LogP contribution in [0.2, 0.25) is 0 Å². The van der Waals surface area contributed by atoms with Crippen LogP contribution in [0.15, 0.2) is 11.2 Å². The summed E-state index contributed by atoms with van der Waals surface area (Å²) < 4.78 is 5.71. The predicted molar refractivity (Wildman–Crippen MR) is 76.1 cm³/mol. The first-order valence-corrected chi connectivity index (χ1v) is 6.76. The van der Waals surface area contributed by atoms with Crippen molar-refractivity contribution in [2.24, 2.45) is 10.9 Å². The van der Waals surface area contributed by atoms with Crippen LogP contribution in [0, 0.1) is 6.92 Å². The smallest absolute Gasteiger partial charge is 0.226 e. The van der Waals surface area contributed by atoms with E-state index in [0.717, 1.165) is 31.7 Å². The van der Waals surface area contributed by atoms with Gasteiger partial charge in [0.25, 0.3) is 0 Å². The molecule has 0 radical (unpaired) electrons. The van der Waals surface area contributed by atoms with E-state index >= 15 is 0 Å². The fourth-order valence-electron chi connectivity index (χ4n) is 2.24. The number of aryl methyl sites for hydroxylation is 1. The zero-order valence-corrected chi connectivity index (χ0v) is 11.9. The fourth-order valence-corrected chi connectivity index (χ4v) is 2.24. The average molecular weight is 279 g/mol. The van der Waals surface area contributed by atoms with Crippen LogP contribution < -0.4 is 10.6 Å². The van der Waals surface area contributed by atoms with Crippen LogP contribution in [-0.4, -0.2) is 47.3 Å². The molecule has 1 aromatic rings. The van der Waals surface area contributed by atoms with Gasteiger partial charge in [-0.25, -0.2) is 9.97 Å². The van der Waals surface area contributed by atoms with E-state index < -0.39 is 0 Å². The topological polar surface area (TPSA) is 96.9 Å². The van der Waals surface area contributed by atoms with Crippen LogP contribution in [0.25, 0.3) is 0 Å². The number of hydrogen-bond donors (Lipinski definition) is 2. The molecule has 1 aromatic heterocycles. The van der Waals surface area contributed by atoms with Crippen LogP contribution >= 0.6 is 0 Å². The molecule has 1 atom stereocenters. The maximum Gasteiger partial charge on any atom is 0.226 e. The molecule has 0 amide bonds. The molecule has 3 N–H and O–H groups in total. The second-order valence-corrected chi connectivity index (χ2v) is 5.05. The molecule has 1 aliphatic heterocycles. The van der Waals surface area contributed by atoms with E-state index in [-0.39, 0.29) is 11.9 Å². The summed E-state index contributed by atoms with van der Waals surface area (Å²) in [7, 11) is 1.92. The molecule has 20 heavy (non-hydrogen) atoms. The highest BCUT2D eigenvalue weighted by Crippen LogP contribution is 2.16. The predicted octanol–water partition coefficient (Wildman–Crippen LogP) is 0.885. The Bertz CT molecular complexity index is 486. The highest BCUT2D eigenvalue weighted by atomic mass is 16.5. The van der Waals surface area contributed by atoms with Crippen LogP contribution in [0.1, 0.15) is 30.7 Å². The van der Waals surface area contributed by atoms with Crippen molar-refractivity contribution in [3.05, 3.63) is 17.5 Å². The van der Waals surface area contributed by atoms with Gasteiger partial charge in [0.15, 0.2) is 5.84 Å². The highest BCUT2D eigenvalue weighted by Gasteiger charge is 2.18. The van der Waals surface area contributed by atoms with E-state index in [9.17, 15) is 0 Å². The lowest BCUT2D eigenvalue weighted by atomic mass is 10.1. The summed E-state index contributed by atoms with van der Waals surface area (Å²) in [6, 6.07) is 1.68. The van der Waals surface area contributed by atoms with Crippen molar-refractivity contribution in [2.45, 2.75) is 32.3 Å². The molecule has 0 spiro atoms. The third-order valence-corrected chi connectivity index (χ3v) is 3.31. The maximum absolute atomic E-state index is 8.74. The van der Waals surface area contributed by atoms with Crippen molar-refractivity contribution in [3.63, 3.8) is 0 Å². The summed E-state index contributed by atoms with van der Waals surface area (Å²) in [5.41, 5.74) is 6.78. The van der Waals surface area contributed by atoms with E-state index in [1.165, 1.54) is 6.42 Å². The summed E-state index contributed by atoms with van der Waals surface area (Å²) in [6.45, 7) is 3.41. The van der Waals surface area contributed by atoms with Crippen molar-refractivity contribution in [3.8, 4) is 0 Å². The number of nitrogens with two attached hydrogens (primary N) is 1. The Hall–Kier alpha value is -1.89. The molecule has 0 aliphatic carbocycles. The first-order valence-electron chi connectivity index (χ1n) is 6.76. The number of amidine groups is 1. The van der Waals surface area contributed by atoms with Gasteiger partial charge in [-0.05, 0) is 32.3 Å². The minimum atomic E-state index is -0.0148. The number of likely N-dealkylation sites (N-methyl/N-ethyl adjacent to an activating group) is 1. The van der Waals surface area contributed by atoms with Gasteiger partial charge in [-0.15, -0.1) is 0 Å². The largest absolute Gasteiger partial charge is 0.409 e. The van der Waals surface area contributed by atoms with E-state index in [2.05, 4.69) is 15.1 Å². The minimum absolute atomic E-state index is 0.0148. The van der Waals surface area contributed by atoms with Crippen molar-refractivity contribution >= 4 is 11.8 Å². The Balaban J connectivity index is 2.12. The Morgan fingerprint density at radius 2 is 2.35 bits per heavy atom. The first kappa shape index (κ1) is 14.5. The molecule has 0 saturated carbocycles. The normalized spacial score (nSPS) is 19.9. The minimum Gasteiger partial charge on any atom is -0.409 e. The SMILES string of the molecule is Cc1cc(/C(N)=N/O)nc(N(C)CC2CCCCO2)n1. The van der Waals surface area contributed by atoms with Crippen LogP contribution in [-0.2, 0) is 4.74 Å². The van der Waals surface area contributed by atoms with Gasteiger partial charge >= 0.3 is 0 Å². The fraction of sp³-hybridized carbons (Fsp3) is 0.615. The van der Waals surface area contributed by atoms with Gasteiger partial charge in [-0.1, -0.05) is 5.16 Å². The number of rotatable bonds is 4. The Morgan fingerprint density at radius 1 is 1.55 bits per heavy atom. The second-order valence-electron chi connectivity index (χ2n) is 5.05. The highest BCUT2D eigenvalue weighted by molar-refractivity contribution is 5.95. The van der Waals surface area contributed by atoms with Crippen molar-refractivity contribution in [2.75, 3.05) is 25.1 Å². The molecule has 110 valence electrons. The number of hydrogen-bond acceptors (Lipinski definition) is 6. The Kier molecular flexibility index (Phi) is 4.73. The zero-order chi connectivity index (χ0) is 14.5. The van der Waals surface area contributed by atoms with Gasteiger partial charge in [-0.3, -0.25) is 0 Å². The van der Waals surface area contributed by atoms with Crippen molar-refractivity contribution in [1.82, 2.24) is 9.97 Å². The van der Waals surface area contributed by atoms with E-state index in [4.69, 9.17) is 15.7 Å². The molecular formula is C13H21N5O2. The summed E-state index contributed by atoms with van der Waals surface area (Å²) in [5, 5.41) is 11.7. The number of anilines is 1. The number of aromatic nitrogens is 2. The molecule has 0 aromatic carbocycles. The Labute approximate surface area is 118 Å². The van der Waals surface area contributed by atoms with Gasteiger partial charge in [0.1, 0.15) is 5.69 Å². The lowest BCUT2D eigenvalue weighted by molar-refractivity contribution is 0.0214. The third-order valence-electron chi connectivity index (χ3n) is 3.31. The van der Waals surface area contributed by atoms with Crippen LogP contribution in [0.5, 0.6) is 0 Å². The van der Waals surface area contributed by atoms with Gasteiger partial charge in [0.05, 0.1) is 6.10 Å². The van der Waals surface area contributed by atoms with Gasteiger partial charge in [0, 0.05) is 25.9 Å². The van der Waals surface area contributed by atoms with Crippen LogP contribution in [0.3, 0.4) is 0 Å². The van der Waals surface area contributed by atoms with Gasteiger partial charge in [-0.2, -0.15) is 0 Å². The molecule has 7 heteroatoms. The molecule has 1 aliphatic rings. The summed E-state index contributed by atoms with van der Waals surface area (Å²) in [6.07, 6.45) is 3.60. The van der Waals surface area contributed by atoms with Gasteiger partial charge < -0.3 is 20.6 Å². The quantitative estimate of drug-likeness (QED) is 0.367. The monoisotopic (exact) mass is 279 g/mol. The van der Waals surface area contributed by atoms with E-state index in [1.54, 1.807) is 6.07 Å². The molecule has 7 nitrogen and oxygen atoms in total. The summed E-state index contributed by atoms with van der Waals surface area (Å²) >= 11 is 0. The molecule has 2 rings (SSSR count). The molecule has 1 unspecified atom stereocenters. The summed E-state index contributed by atoms with van der Waals surface area (Å²) in [4.78, 5) is 10.6. The number of oxime groups is 1. The first-order chi connectivity index (χ1) is 9.60. The Morgan fingerprint density at radius 3 is 3.00 bits per heavy atom. The molecule has 1 fully saturated rings. The van der Waals surface area contributed by atoms with Crippen LogP contribution in [0.4, 0.5) is 5.95 Å². The average Bonchev–Trinajstić information content (AvgIpc) is 2.46. The summed E-state index contributed by atoms with van der Waals surface area (Å²) in [5.74, 6) is 0.542. The molecule has 2 heterocycles. The molecule has 1 saturated heterocycles. The standard InChI is InChI=1S/C13H21N5O2/c1-9-7-11(12(14)17-19)16-13(15-9)18(2)8-10-5-3-4-6-20-10/h7,10,19H,3-6,8H2,1-2H3,(H2,14,17). The zero-order valence-electron chi connectivity index (χ0n) is 11.9. The van der Waals surface area contributed by atoms with E-state index in [1.807, 2.05) is 18.9 Å². The number of nitrogens with zero attached hydrogens (tertiary/aromatic N) is 4. The lowest BCUT2D eigenvalue weighted by Gasteiger charge is -2.27. The molecule has 0 bridgehead atoms. The second kappa shape index (κ2) is 6.51. The lowest BCUT2D eigenvalue weighted by Crippen LogP contribution is -2.34. The maximum atomic E-state index is 8.74. The van der Waals surface area contributed by atoms with E-state index in [0.29, 0.717) is 11.6 Å². The molecular weight excluding hydrogens is 258 g/mol. The van der Waals surface area contributed by atoms with Crippen molar-refractivity contribution < 1.29 is 9.94 Å². The third kappa shape index (κ3) is 3.57. The van der Waals surface area contributed by atoms with Gasteiger partial charge in [0.2, 0.25) is 5.95 Å². The van der Waals surface area contributed by atoms with Crippen molar-refractivity contribution in [1.29, 1.82) is 0 Å². The number of ether oxygens (including phenoxy) is 1.